The molecule has 1 amide bonds. The molecule has 0 bridgehead atoms. The molecule has 1 aromatic carbocycles. The number of hydrogen-bond acceptors (Lipinski definition) is 4. The fourth-order valence-electron chi connectivity index (χ4n) is 2.43. The molecule has 0 fully saturated rings. The first kappa shape index (κ1) is 14.8. The Balaban J connectivity index is 1.52. The van der Waals surface area contributed by atoms with Gasteiger partial charge in [-0.05, 0) is 28.0 Å². The van der Waals surface area contributed by atoms with Crippen molar-refractivity contribution in [2.75, 3.05) is 6.54 Å². The van der Waals surface area contributed by atoms with E-state index in [-0.39, 0.29) is 18.3 Å². The summed E-state index contributed by atoms with van der Waals surface area (Å²) in [6, 6.07) is 7.98. The smallest absolute Gasteiger partial charge is 0.361 e. The zero-order valence-corrected chi connectivity index (χ0v) is 12.2. The van der Waals surface area contributed by atoms with Gasteiger partial charge in [-0.15, -0.1) is 0 Å². The Kier molecular flexibility index (Phi) is 4.05. The average Bonchev–Trinajstić information content (AvgIpc) is 3.15. The van der Waals surface area contributed by atoms with Crippen molar-refractivity contribution in [2.45, 2.75) is 13.0 Å². The van der Waals surface area contributed by atoms with Crippen LogP contribution in [0, 0.1) is 10.1 Å². The van der Waals surface area contributed by atoms with Crippen LogP contribution >= 0.6 is 0 Å². The van der Waals surface area contributed by atoms with E-state index in [1.807, 2.05) is 30.5 Å². The summed E-state index contributed by atoms with van der Waals surface area (Å²) in [6.07, 6.45) is 5.16. The Morgan fingerprint density at radius 1 is 1.39 bits per heavy atom. The quantitative estimate of drug-likeness (QED) is 0.533. The van der Waals surface area contributed by atoms with Crippen LogP contribution in [0.15, 0.2) is 43.0 Å². The number of H-pyrrole nitrogens is 1. The summed E-state index contributed by atoms with van der Waals surface area (Å²) in [7, 11) is 0. The third kappa shape index (κ3) is 3.37. The second-order valence-corrected chi connectivity index (χ2v) is 5.12. The molecular formula is C15H15N5O3. The number of aromatic nitrogens is 3. The molecule has 3 aromatic rings. The van der Waals surface area contributed by atoms with Crippen molar-refractivity contribution in [1.82, 2.24) is 19.9 Å². The van der Waals surface area contributed by atoms with Crippen LogP contribution in [0.2, 0.25) is 0 Å². The van der Waals surface area contributed by atoms with E-state index in [1.54, 1.807) is 0 Å². The van der Waals surface area contributed by atoms with Gasteiger partial charge in [0.25, 0.3) is 0 Å². The van der Waals surface area contributed by atoms with Gasteiger partial charge in [-0.2, -0.15) is 0 Å². The Hall–Kier alpha value is -3.16. The molecule has 0 saturated carbocycles. The SMILES string of the molecule is O=C(Cn1cnc([N+](=O)[O-])c1)NCCc1c[nH]c2ccccc12. The lowest BCUT2D eigenvalue weighted by Crippen LogP contribution is -2.29. The number of fused-ring (bicyclic) bond motifs is 1. The molecule has 8 heteroatoms. The largest absolute Gasteiger partial charge is 0.381 e. The minimum absolute atomic E-state index is 0.00866. The molecule has 23 heavy (non-hydrogen) atoms. The first-order valence-electron chi connectivity index (χ1n) is 7.11. The lowest BCUT2D eigenvalue weighted by Gasteiger charge is -2.04. The molecule has 0 radical (unpaired) electrons. The molecule has 0 saturated heterocycles. The lowest BCUT2D eigenvalue weighted by molar-refractivity contribution is -0.389. The highest BCUT2D eigenvalue weighted by Gasteiger charge is 2.12. The first-order chi connectivity index (χ1) is 11.1. The van der Waals surface area contributed by atoms with Gasteiger partial charge in [-0.25, -0.2) is 0 Å². The van der Waals surface area contributed by atoms with Crippen LogP contribution < -0.4 is 5.32 Å². The van der Waals surface area contributed by atoms with Crippen molar-refractivity contribution in [3.63, 3.8) is 0 Å². The van der Waals surface area contributed by atoms with Crippen LogP contribution in [-0.2, 0) is 17.8 Å². The van der Waals surface area contributed by atoms with E-state index in [2.05, 4.69) is 15.3 Å². The highest BCUT2D eigenvalue weighted by Crippen LogP contribution is 2.17. The average molecular weight is 313 g/mol. The van der Waals surface area contributed by atoms with Gasteiger partial charge in [0.1, 0.15) is 12.7 Å². The van der Waals surface area contributed by atoms with Gasteiger partial charge in [0.05, 0.1) is 0 Å². The van der Waals surface area contributed by atoms with Gasteiger partial charge in [0.2, 0.25) is 12.2 Å². The van der Waals surface area contributed by atoms with Crippen molar-refractivity contribution >= 4 is 22.6 Å². The van der Waals surface area contributed by atoms with Gasteiger partial charge in [0, 0.05) is 23.6 Å². The summed E-state index contributed by atoms with van der Waals surface area (Å²) in [5.74, 6) is -0.478. The molecule has 118 valence electrons. The van der Waals surface area contributed by atoms with Crippen molar-refractivity contribution in [3.05, 3.63) is 58.7 Å². The minimum atomic E-state index is -0.592. The molecule has 3 rings (SSSR count). The fraction of sp³-hybridized carbons (Fsp3) is 0.200. The molecule has 0 atom stereocenters. The summed E-state index contributed by atoms with van der Waals surface area (Å²) in [5, 5.41) is 14.5. The van der Waals surface area contributed by atoms with Gasteiger partial charge < -0.3 is 25.0 Å². The number of carbonyl (C=O) groups excluding carboxylic acids is 1. The Labute approximate surface area is 131 Å². The summed E-state index contributed by atoms with van der Waals surface area (Å²) in [5.41, 5.74) is 2.21. The van der Waals surface area contributed by atoms with Gasteiger partial charge >= 0.3 is 5.82 Å². The molecule has 8 nitrogen and oxygen atoms in total. The zero-order chi connectivity index (χ0) is 16.2. The van der Waals surface area contributed by atoms with E-state index in [1.165, 1.54) is 17.1 Å². The number of imidazole rings is 1. The highest BCUT2D eigenvalue weighted by atomic mass is 16.6. The fourth-order valence-corrected chi connectivity index (χ4v) is 2.43. The second kappa shape index (κ2) is 6.30. The number of rotatable bonds is 6. The van der Waals surface area contributed by atoms with Crippen molar-refractivity contribution < 1.29 is 9.72 Å². The zero-order valence-electron chi connectivity index (χ0n) is 12.2. The van der Waals surface area contributed by atoms with Crippen LogP contribution in [0.4, 0.5) is 5.82 Å². The van der Waals surface area contributed by atoms with Crippen LogP contribution in [0.1, 0.15) is 5.56 Å². The molecule has 0 aliphatic rings. The van der Waals surface area contributed by atoms with Crippen molar-refractivity contribution in [3.8, 4) is 0 Å². The highest BCUT2D eigenvalue weighted by molar-refractivity contribution is 5.83. The maximum Gasteiger partial charge on any atom is 0.381 e. The normalized spacial score (nSPS) is 10.8. The second-order valence-electron chi connectivity index (χ2n) is 5.12. The van der Waals surface area contributed by atoms with Crippen molar-refractivity contribution in [2.24, 2.45) is 0 Å². The predicted octanol–water partition coefficient (Wildman–Crippen LogP) is 1.63. The van der Waals surface area contributed by atoms with Crippen molar-refractivity contribution in [1.29, 1.82) is 0 Å². The maximum absolute atomic E-state index is 11.8. The molecule has 0 aliphatic carbocycles. The number of para-hydroxylation sites is 1. The number of carbonyl (C=O) groups is 1. The summed E-state index contributed by atoms with van der Waals surface area (Å²) < 4.78 is 1.39. The third-order valence-electron chi connectivity index (χ3n) is 3.52. The molecular weight excluding hydrogens is 298 g/mol. The van der Waals surface area contributed by atoms with Crippen LogP contribution in [0.25, 0.3) is 10.9 Å². The number of nitrogens with one attached hydrogen (secondary N) is 2. The van der Waals surface area contributed by atoms with Gasteiger partial charge in [-0.3, -0.25) is 4.79 Å². The van der Waals surface area contributed by atoms with Crippen LogP contribution in [-0.4, -0.2) is 31.9 Å². The Bertz CT molecular complexity index is 852. The number of amides is 1. The van der Waals surface area contributed by atoms with E-state index in [0.29, 0.717) is 13.0 Å². The number of benzene rings is 1. The number of hydrogen-bond donors (Lipinski definition) is 2. The molecule has 2 aromatic heterocycles. The Morgan fingerprint density at radius 2 is 2.22 bits per heavy atom. The molecule has 2 heterocycles. The number of aromatic amines is 1. The van der Waals surface area contributed by atoms with E-state index in [9.17, 15) is 14.9 Å². The molecule has 0 unspecified atom stereocenters. The summed E-state index contributed by atoms with van der Waals surface area (Å²) in [6.45, 7) is 0.506. The maximum atomic E-state index is 11.8. The topological polar surface area (TPSA) is 106 Å². The van der Waals surface area contributed by atoms with Crippen LogP contribution in [0.5, 0.6) is 0 Å². The van der Waals surface area contributed by atoms with E-state index in [0.717, 1.165) is 16.5 Å². The Morgan fingerprint density at radius 3 is 3.00 bits per heavy atom. The van der Waals surface area contributed by atoms with E-state index in [4.69, 9.17) is 0 Å². The first-order valence-corrected chi connectivity index (χ1v) is 7.11. The minimum Gasteiger partial charge on any atom is -0.361 e. The number of nitro groups is 1. The molecule has 2 N–H and O–H groups in total. The van der Waals surface area contributed by atoms with E-state index < -0.39 is 4.92 Å². The van der Waals surface area contributed by atoms with Gasteiger partial charge in [-0.1, -0.05) is 18.2 Å². The molecule has 0 spiro atoms. The summed E-state index contributed by atoms with van der Waals surface area (Å²) >= 11 is 0. The van der Waals surface area contributed by atoms with Gasteiger partial charge in [0.15, 0.2) is 0 Å². The lowest BCUT2D eigenvalue weighted by atomic mass is 10.1. The van der Waals surface area contributed by atoms with E-state index >= 15 is 0 Å². The molecule has 0 aliphatic heterocycles. The van der Waals surface area contributed by atoms with Crippen LogP contribution in [0.3, 0.4) is 0 Å². The predicted molar refractivity (Wildman–Crippen MR) is 83.9 cm³/mol. The summed E-state index contributed by atoms with van der Waals surface area (Å²) in [4.78, 5) is 28.6. The number of nitrogens with zero attached hydrogens (tertiary/aromatic N) is 3. The standard InChI is InChI=1S/C15H15N5O3/c21-15(9-19-8-14(18-10-19)20(22)23)16-6-5-11-7-17-13-4-2-1-3-12(11)13/h1-4,7-8,10,17H,5-6,9H2,(H,16,21). The monoisotopic (exact) mass is 313 g/mol. The third-order valence-corrected chi connectivity index (χ3v) is 3.52.